The molecule has 1 aliphatic rings. The van der Waals surface area contributed by atoms with E-state index >= 15 is 0 Å². The van der Waals surface area contributed by atoms with Gasteiger partial charge in [0.25, 0.3) is 5.89 Å². The largest absolute Gasteiger partial charge is 0.486 e. The van der Waals surface area contributed by atoms with Gasteiger partial charge in [-0.25, -0.2) is 0 Å². The van der Waals surface area contributed by atoms with Gasteiger partial charge in [0, 0.05) is 17.6 Å². The second-order valence-corrected chi connectivity index (χ2v) is 8.56. The molecule has 0 radical (unpaired) electrons. The van der Waals surface area contributed by atoms with E-state index in [2.05, 4.69) is 45.7 Å². The van der Waals surface area contributed by atoms with Crippen LogP contribution in [0.1, 0.15) is 31.7 Å². The van der Waals surface area contributed by atoms with Crippen molar-refractivity contribution in [1.29, 1.82) is 5.26 Å². The summed E-state index contributed by atoms with van der Waals surface area (Å²) in [6.07, 6.45) is 1.18. The SMILES string of the molecule is C[C@@H]1C[C@H](C)CN(c2oc(-c3ccc(COc4ccc(Br)cc4)o3)nc2C#N)C1. The number of hydrogen-bond donors (Lipinski definition) is 0. The number of rotatable bonds is 5. The first-order valence-electron chi connectivity index (χ1n) is 9.65. The lowest BCUT2D eigenvalue weighted by molar-refractivity contribution is 0.271. The molecule has 1 fully saturated rings. The maximum absolute atomic E-state index is 9.52. The van der Waals surface area contributed by atoms with E-state index in [1.54, 1.807) is 6.07 Å². The number of ether oxygens (including phenoxy) is 1. The number of aromatic nitrogens is 1. The van der Waals surface area contributed by atoms with Gasteiger partial charge in [-0.3, -0.25) is 0 Å². The maximum Gasteiger partial charge on any atom is 0.266 e. The van der Waals surface area contributed by atoms with Crippen molar-refractivity contribution in [1.82, 2.24) is 4.98 Å². The Labute approximate surface area is 178 Å². The lowest BCUT2D eigenvalue weighted by atomic mass is 9.92. The number of furan rings is 1. The van der Waals surface area contributed by atoms with Crippen LogP contribution in [0.4, 0.5) is 5.88 Å². The summed E-state index contributed by atoms with van der Waals surface area (Å²) in [6.45, 7) is 6.45. The highest BCUT2D eigenvalue weighted by atomic mass is 79.9. The molecule has 29 heavy (non-hydrogen) atoms. The fourth-order valence-corrected chi connectivity index (χ4v) is 4.05. The van der Waals surface area contributed by atoms with E-state index in [4.69, 9.17) is 13.6 Å². The van der Waals surface area contributed by atoms with Crippen molar-refractivity contribution < 1.29 is 13.6 Å². The van der Waals surface area contributed by atoms with Crippen LogP contribution in [0.3, 0.4) is 0 Å². The molecule has 1 aromatic carbocycles. The molecule has 0 saturated carbocycles. The number of nitrogens with zero attached hydrogens (tertiary/aromatic N) is 3. The first kappa shape index (κ1) is 19.6. The van der Waals surface area contributed by atoms with Gasteiger partial charge in [-0.05, 0) is 54.7 Å². The molecule has 150 valence electrons. The standard InChI is InChI=1S/C22H22BrN3O3/c1-14-9-15(2)12-26(11-14)22-19(10-24)25-21(29-22)20-8-7-18(28-20)13-27-17-5-3-16(23)4-6-17/h3-8,14-15H,9,11-13H2,1-2H3/t14-,15+. The van der Waals surface area contributed by atoms with Crippen molar-refractivity contribution in [3.8, 4) is 23.5 Å². The minimum atomic E-state index is 0.293. The van der Waals surface area contributed by atoms with Gasteiger partial charge in [0.2, 0.25) is 11.6 Å². The van der Waals surface area contributed by atoms with Crippen molar-refractivity contribution in [2.45, 2.75) is 26.9 Å². The molecule has 7 heteroatoms. The summed E-state index contributed by atoms with van der Waals surface area (Å²) < 4.78 is 18.5. The third kappa shape index (κ3) is 4.48. The molecule has 0 spiro atoms. The molecule has 3 heterocycles. The summed E-state index contributed by atoms with van der Waals surface area (Å²) >= 11 is 3.40. The first-order valence-corrected chi connectivity index (χ1v) is 10.4. The third-order valence-corrected chi connectivity index (χ3v) is 5.47. The minimum absolute atomic E-state index is 0.293. The summed E-state index contributed by atoms with van der Waals surface area (Å²) in [6, 6.07) is 13.4. The molecular weight excluding hydrogens is 434 g/mol. The zero-order chi connectivity index (χ0) is 20.4. The number of oxazole rings is 1. The average molecular weight is 456 g/mol. The fraction of sp³-hybridized carbons (Fsp3) is 0.364. The minimum Gasteiger partial charge on any atom is -0.486 e. The zero-order valence-corrected chi connectivity index (χ0v) is 18.0. The highest BCUT2D eigenvalue weighted by Gasteiger charge is 2.28. The lowest BCUT2D eigenvalue weighted by Gasteiger charge is -2.34. The quantitative estimate of drug-likeness (QED) is 0.495. The van der Waals surface area contributed by atoms with Gasteiger partial charge in [0.05, 0.1) is 0 Å². The summed E-state index contributed by atoms with van der Waals surface area (Å²) in [5, 5.41) is 9.52. The zero-order valence-electron chi connectivity index (χ0n) is 16.4. The van der Waals surface area contributed by atoms with Crippen LogP contribution >= 0.6 is 15.9 Å². The molecule has 0 bridgehead atoms. The van der Waals surface area contributed by atoms with E-state index < -0.39 is 0 Å². The molecule has 1 saturated heterocycles. The topological polar surface area (TPSA) is 75.4 Å². The highest BCUT2D eigenvalue weighted by molar-refractivity contribution is 9.10. The molecule has 0 aliphatic carbocycles. The number of hydrogen-bond acceptors (Lipinski definition) is 6. The van der Waals surface area contributed by atoms with Gasteiger partial charge < -0.3 is 18.5 Å². The van der Waals surface area contributed by atoms with Crippen LogP contribution in [-0.2, 0) is 6.61 Å². The van der Waals surface area contributed by atoms with E-state index in [9.17, 15) is 5.26 Å². The monoisotopic (exact) mass is 455 g/mol. The van der Waals surface area contributed by atoms with Crippen molar-refractivity contribution in [2.24, 2.45) is 11.8 Å². The summed E-state index contributed by atoms with van der Waals surface area (Å²) in [4.78, 5) is 6.48. The van der Waals surface area contributed by atoms with Crippen molar-refractivity contribution in [3.05, 3.63) is 52.3 Å². The Hall–Kier alpha value is -2.72. The van der Waals surface area contributed by atoms with Crippen LogP contribution in [0.15, 0.2) is 49.7 Å². The molecule has 6 nitrogen and oxygen atoms in total. The van der Waals surface area contributed by atoms with Crippen LogP contribution in [-0.4, -0.2) is 18.1 Å². The predicted octanol–water partition coefficient (Wildman–Crippen LogP) is 5.63. The van der Waals surface area contributed by atoms with Crippen LogP contribution in [0, 0.1) is 23.2 Å². The molecule has 0 N–H and O–H groups in total. The maximum atomic E-state index is 9.52. The van der Waals surface area contributed by atoms with Gasteiger partial charge in [-0.1, -0.05) is 29.8 Å². The van der Waals surface area contributed by atoms with E-state index in [1.807, 2.05) is 30.3 Å². The Kier molecular flexibility index (Phi) is 5.63. The molecule has 0 amide bonds. The Morgan fingerprint density at radius 1 is 1.14 bits per heavy atom. The molecule has 4 rings (SSSR count). The Balaban J connectivity index is 1.50. The first-order chi connectivity index (χ1) is 14.0. The van der Waals surface area contributed by atoms with Gasteiger partial charge in [-0.15, -0.1) is 0 Å². The van der Waals surface area contributed by atoms with E-state index in [-0.39, 0.29) is 0 Å². The van der Waals surface area contributed by atoms with E-state index in [0.717, 1.165) is 23.3 Å². The highest BCUT2D eigenvalue weighted by Crippen LogP contribution is 2.33. The molecular formula is C22H22BrN3O3. The Morgan fingerprint density at radius 3 is 2.55 bits per heavy atom. The molecule has 1 aliphatic heterocycles. The molecule has 3 aromatic rings. The summed E-state index contributed by atoms with van der Waals surface area (Å²) in [7, 11) is 0. The number of piperidine rings is 1. The van der Waals surface area contributed by atoms with E-state index in [1.165, 1.54) is 6.42 Å². The van der Waals surface area contributed by atoms with Gasteiger partial charge in [0.15, 0.2) is 5.76 Å². The predicted molar refractivity (Wildman–Crippen MR) is 113 cm³/mol. The average Bonchev–Trinajstić information content (AvgIpc) is 3.33. The van der Waals surface area contributed by atoms with Gasteiger partial charge in [0.1, 0.15) is 24.2 Å². The lowest BCUT2D eigenvalue weighted by Crippen LogP contribution is -2.38. The molecule has 0 unspecified atom stereocenters. The molecule has 2 atom stereocenters. The van der Waals surface area contributed by atoms with Crippen LogP contribution in [0.5, 0.6) is 5.75 Å². The Morgan fingerprint density at radius 2 is 1.86 bits per heavy atom. The third-order valence-electron chi connectivity index (χ3n) is 4.94. The van der Waals surface area contributed by atoms with Gasteiger partial charge >= 0.3 is 0 Å². The number of nitriles is 1. The fourth-order valence-electron chi connectivity index (χ4n) is 3.79. The number of halogens is 1. The van der Waals surface area contributed by atoms with Crippen molar-refractivity contribution in [2.75, 3.05) is 18.0 Å². The second-order valence-electron chi connectivity index (χ2n) is 7.64. The van der Waals surface area contributed by atoms with Crippen molar-refractivity contribution in [3.63, 3.8) is 0 Å². The van der Waals surface area contributed by atoms with Crippen LogP contribution in [0.25, 0.3) is 11.7 Å². The molecule has 2 aromatic heterocycles. The summed E-state index contributed by atoms with van der Waals surface area (Å²) in [5.74, 6) is 3.84. The Bertz CT molecular complexity index is 1010. The van der Waals surface area contributed by atoms with Crippen molar-refractivity contribution >= 4 is 21.8 Å². The normalized spacial score (nSPS) is 19.2. The van der Waals surface area contributed by atoms with E-state index in [0.29, 0.717) is 47.4 Å². The second kappa shape index (κ2) is 8.34. The van der Waals surface area contributed by atoms with Crippen LogP contribution in [0.2, 0.25) is 0 Å². The number of benzene rings is 1. The smallest absolute Gasteiger partial charge is 0.266 e. The summed E-state index contributed by atoms with van der Waals surface area (Å²) in [5.41, 5.74) is 0.297. The number of anilines is 1. The van der Waals surface area contributed by atoms with Crippen LogP contribution < -0.4 is 9.64 Å². The van der Waals surface area contributed by atoms with Gasteiger partial charge in [-0.2, -0.15) is 10.2 Å².